The highest BCUT2D eigenvalue weighted by atomic mass is 32.2. The van der Waals surface area contributed by atoms with Crippen LogP contribution in [0.4, 0.5) is 0 Å². The second kappa shape index (κ2) is 12.1. The molecule has 10 nitrogen and oxygen atoms in total. The highest BCUT2D eigenvalue weighted by Gasteiger charge is 2.53. The maximum Gasteiger partial charge on any atom is 0.265 e. The molecule has 1 aliphatic rings. The number of sulfone groups is 1. The van der Waals surface area contributed by atoms with Crippen molar-refractivity contribution in [2.75, 3.05) is 13.1 Å². The average molecular weight is 537 g/mol. The molecule has 1 saturated heterocycles. The van der Waals surface area contributed by atoms with Gasteiger partial charge < -0.3 is 4.74 Å². The molecule has 0 saturated carbocycles. The van der Waals surface area contributed by atoms with Crippen molar-refractivity contribution >= 4 is 23.6 Å². The molecule has 0 aliphatic carbocycles. The van der Waals surface area contributed by atoms with Gasteiger partial charge >= 0.3 is 0 Å². The van der Waals surface area contributed by atoms with Crippen LogP contribution in [0.1, 0.15) is 36.9 Å². The van der Waals surface area contributed by atoms with Gasteiger partial charge in [-0.25, -0.2) is 18.6 Å². The molecule has 2 aromatic carbocycles. The third kappa shape index (κ3) is 5.92. The van der Waals surface area contributed by atoms with Gasteiger partial charge in [-0.2, -0.15) is 0 Å². The van der Waals surface area contributed by atoms with E-state index in [1.165, 1.54) is 12.1 Å². The van der Waals surface area contributed by atoms with Crippen molar-refractivity contribution in [3.8, 4) is 11.5 Å². The van der Waals surface area contributed by atoms with Crippen LogP contribution in [0.2, 0.25) is 6.32 Å². The van der Waals surface area contributed by atoms with Gasteiger partial charge in [0.15, 0.2) is 14.6 Å². The minimum atomic E-state index is -4.14. The fourth-order valence-electron chi connectivity index (χ4n) is 4.66. The molecule has 4 rings (SSSR count). The van der Waals surface area contributed by atoms with Crippen LogP contribution in [-0.4, -0.2) is 65.1 Å². The lowest BCUT2D eigenvalue weighted by molar-refractivity contribution is -0.133. The van der Waals surface area contributed by atoms with Crippen molar-refractivity contribution in [2.45, 2.75) is 61.7 Å². The maximum absolute atomic E-state index is 13.8. The van der Waals surface area contributed by atoms with Crippen molar-refractivity contribution in [3.63, 3.8) is 0 Å². The Balaban J connectivity index is 1.47. The van der Waals surface area contributed by atoms with Gasteiger partial charge in [0.05, 0.1) is 31.3 Å². The van der Waals surface area contributed by atoms with Gasteiger partial charge in [-0.3, -0.25) is 14.9 Å². The van der Waals surface area contributed by atoms with Gasteiger partial charge in [0.2, 0.25) is 0 Å². The standard InChI is InChI=1S/C26H32BN5O5S/c1-20-5-7-22(8-6-20)37-23-9-11-24(12-10-23)38(35,36)26(25(33)29-34)13-16-31(17-14-26)19-32-21(18-28-30-32)4-2-3-15-27/h5-12,18,34H,2-4,13-17,19H2,1H3,(H,29,33). The molecule has 3 aromatic rings. The number of piperidine rings is 1. The molecule has 1 aromatic heterocycles. The minimum Gasteiger partial charge on any atom is -0.457 e. The number of hydrogen-bond acceptors (Lipinski definition) is 8. The molecule has 2 N–H and O–H groups in total. The number of rotatable bonds is 11. The van der Waals surface area contributed by atoms with Gasteiger partial charge in [-0.15, -0.1) is 5.10 Å². The van der Waals surface area contributed by atoms with Crippen LogP contribution in [-0.2, 0) is 27.7 Å². The van der Waals surface area contributed by atoms with Crippen LogP contribution in [0.25, 0.3) is 0 Å². The number of carbonyl (C=O) groups is 1. The number of carbonyl (C=O) groups excluding carboxylic acids is 1. The Morgan fingerprint density at radius 3 is 2.32 bits per heavy atom. The van der Waals surface area contributed by atoms with Crippen LogP contribution >= 0.6 is 0 Å². The number of hydroxylamine groups is 1. The molecule has 1 amide bonds. The number of likely N-dealkylation sites (tertiary alicyclic amines) is 1. The van der Waals surface area contributed by atoms with E-state index in [4.69, 9.17) is 12.6 Å². The van der Waals surface area contributed by atoms with Crippen molar-refractivity contribution in [1.82, 2.24) is 25.4 Å². The van der Waals surface area contributed by atoms with E-state index in [0.717, 1.165) is 30.5 Å². The largest absolute Gasteiger partial charge is 0.457 e. The van der Waals surface area contributed by atoms with Gasteiger partial charge in [-0.05, 0) is 69.0 Å². The predicted molar refractivity (Wildman–Crippen MR) is 142 cm³/mol. The van der Waals surface area contributed by atoms with Crippen LogP contribution in [0.5, 0.6) is 11.5 Å². The van der Waals surface area contributed by atoms with Gasteiger partial charge in [0.1, 0.15) is 11.5 Å². The van der Waals surface area contributed by atoms with Crippen LogP contribution < -0.4 is 10.2 Å². The van der Waals surface area contributed by atoms with E-state index in [2.05, 4.69) is 10.3 Å². The number of nitrogens with one attached hydrogen (secondary N) is 1. The lowest BCUT2D eigenvalue weighted by Crippen LogP contribution is -2.57. The predicted octanol–water partition coefficient (Wildman–Crippen LogP) is 3.06. The molecule has 2 heterocycles. The topological polar surface area (TPSA) is 127 Å². The summed E-state index contributed by atoms with van der Waals surface area (Å²) in [4.78, 5) is 14.9. The molecule has 38 heavy (non-hydrogen) atoms. The molecule has 1 aliphatic heterocycles. The average Bonchev–Trinajstić information content (AvgIpc) is 3.37. The Morgan fingerprint density at radius 2 is 1.71 bits per heavy atom. The quantitative estimate of drug-likeness (QED) is 0.165. The molecule has 2 radical (unpaired) electrons. The molecular formula is C26H32BN5O5S. The number of unbranched alkanes of at least 4 members (excludes halogenated alkanes) is 1. The molecule has 0 spiro atoms. The second-order valence-electron chi connectivity index (χ2n) is 9.56. The third-order valence-corrected chi connectivity index (χ3v) is 9.52. The molecule has 12 heteroatoms. The summed E-state index contributed by atoms with van der Waals surface area (Å²) in [5, 5.41) is 17.6. The zero-order valence-electron chi connectivity index (χ0n) is 21.4. The Hall–Kier alpha value is -3.22. The normalized spacial score (nSPS) is 15.7. The summed E-state index contributed by atoms with van der Waals surface area (Å²) < 4.78 is 33.3. The number of hydrogen-bond donors (Lipinski definition) is 2. The lowest BCUT2D eigenvalue weighted by atomic mass is 9.95. The molecule has 0 atom stereocenters. The zero-order chi connectivity index (χ0) is 27.2. The van der Waals surface area contributed by atoms with Gasteiger partial charge in [0, 0.05) is 13.1 Å². The molecule has 0 bridgehead atoms. The first-order valence-corrected chi connectivity index (χ1v) is 14.1. The summed E-state index contributed by atoms with van der Waals surface area (Å²) in [6.07, 6.45) is 5.01. The van der Waals surface area contributed by atoms with E-state index in [1.54, 1.807) is 28.5 Å². The van der Waals surface area contributed by atoms with Gasteiger partial charge in [-0.1, -0.05) is 35.7 Å². The monoisotopic (exact) mass is 537 g/mol. The first-order chi connectivity index (χ1) is 18.3. The third-order valence-electron chi connectivity index (χ3n) is 7.00. The molecule has 1 fully saturated rings. The Bertz CT molecular complexity index is 1320. The number of aryl methyl sites for hydroxylation is 2. The van der Waals surface area contributed by atoms with Crippen LogP contribution in [0.3, 0.4) is 0 Å². The lowest BCUT2D eigenvalue weighted by Gasteiger charge is -2.39. The fourth-order valence-corrected chi connectivity index (χ4v) is 6.62. The summed E-state index contributed by atoms with van der Waals surface area (Å²) >= 11 is 0. The van der Waals surface area contributed by atoms with Crippen molar-refractivity contribution in [1.29, 1.82) is 0 Å². The zero-order valence-corrected chi connectivity index (χ0v) is 22.2. The molecular weight excluding hydrogens is 505 g/mol. The van der Waals surface area contributed by atoms with E-state index in [1.807, 2.05) is 36.1 Å². The summed E-state index contributed by atoms with van der Waals surface area (Å²) in [6.45, 7) is 3.05. The summed E-state index contributed by atoms with van der Waals surface area (Å²) in [5.74, 6) is 0.170. The van der Waals surface area contributed by atoms with Crippen molar-refractivity contribution in [3.05, 3.63) is 66.0 Å². The second-order valence-corrected chi connectivity index (χ2v) is 11.8. The number of ether oxygens (including phenoxy) is 1. The summed E-state index contributed by atoms with van der Waals surface area (Å²) in [7, 11) is 1.45. The SMILES string of the molecule is [B]CCCCc1cnnn1CN1CCC(C(=O)NO)(S(=O)(=O)c2ccc(Oc3ccc(C)cc3)cc2)CC1. The highest BCUT2D eigenvalue weighted by molar-refractivity contribution is 7.93. The van der Waals surface area contributed by atoms with E-state index in [-0.39, 0.29) is 17.7 Å². The highest BCUT2D eigenvalue weighted by Crippen LogP contribution is 2.37. The fraction of sp³-hybridized carbons (Fsp3) is 0.423. The minimum absolute atomic E-state index is 0.00993. The molecule has 0 unspecified atom stereocenters. The Kier molecular flexibility index (Phi) is 8.85. The summed E-state index contributed by atoms with van der Waals surface area (Å²) in [6, 6.07) is 13.5. The maximum atomic E-state index is 13.8. The number of amides is 1. The van der Waals surface area contributed by atoms with Crippen LogP contribution in [0.15, 0.2) is 59.6 Å². The van der Waals surface area contributed by atoms with Gasteiger partial charge in [0.25, 0.3) is 5.91 Å². The first-order valence-electron chi connectivity index (χ1n) is 12.6. The van der Waals surface area contributed by atoms with E-state index in [0.29, 0.717) is 37.6 Å². The van der Waals surface area contributed by atoms with E-state index < -0.39 is 20.5 Å². The Morgan fingerprint density at radius 1 is 1.08 bits per heavy atom. The van der Waals surface area contributed by atoms with E-state index >= 15 is 0 Å². The number of benzene rings is 2. The van der Waals surface area contributed by atoms with Crippen molar-refractivity contribution in [2.24, 2.45) is 0 Å². The van der Waals surface area contributed by atoms with Crippen molar-refractivity contribution < 1.29 is 23.2 Å². The van der Waals surface area contributed by atoms with Crippen LogP contribution in [0, 0.1) is 6.92 Å². The first kappa shape index (κ1) is 27.8. The van der Waals surface area contributed by atoms with E-state index in [9.17, 15) is 18.4 Å². The number of nitrogens with zero attached hydrogens (tertiary/aromatic N) is 4. The molecule has 200 valence electrons. The smallest absolute Gasteiger partial charge is 0.265 e. The summed E-state index contributed by atoms with van der Waals surface area (Å²) in [5.41, 5.74) is 3.67. The Labute approximate surface area is 224 Å². The number of aromatic nitrogens is 3.